The van der Waals surface area contributed by atoms with Crippen LogP contribution in [0.3, 0.4) is 0 Å². The Balaban J connectivity index is 2.22. The number of ether oxygens (including phenoxy) is 1. The second kappa shape index (κ2) is 5.82. The number of benzene rings is 1. The standard InChI is InChI=1S/C16H24ClNO/c1-15(2)12-16(7-9-18,8-10-19-15)11-13-5-3-4-6-14(13)17/h3-6H,7-12,18H2,1-2H3/t16-/m0/s1. The summed E-state index contributed by atoms with van der Waals surface area (Å²) in [6, 6.07) is 8.14. The number of halogens is 1. The molecule has 2 rings (SSSR count). The van der Waals surface area contributed by atoms with Gasteiger partial charge in [0.05, 0.1) is 5.60 Å². The first-order valence-corrected chi connectivity index (χ1v) is 7.42. The lowest BCUT2D eigenvalue weighted by molar-refractivity contribution is -0.106. The van der Waals surface area contributed by atoms with E-state index in [2.05, 4.69) is 26.0 Å². The quantitative estimate of drug-likeness (QED) is 0.911. The molecular weight excluding hydrogens is 258 g/mol. The van der Waals surface area contributed by atoms with Crippen molar-refractivity contribution in [3.8, 4) is 0 Å². The van der Waals surface area contributed by atoms with Crippen LogP contribution in [0, 0.1) is 5.41 Å². The van der Waals surface area contributed by atoms with Gasteiger partial charge in [0, 0.05) is 11.6 Å². The Morgan fingerprint density at radius 1 is 1.32 bits per heavy atom. The van der Waals surface area contributed by atoms with Crippen molar-refractivity contribution in [1.29, 1.82) is 0 Å². The number of nitrogens with two attached hydrogens (primary N) is 1. The highest BCUT2D eigenvalue weighted by Gasteiger charge is 2.40. The predicted molar refractivity (Wildman–Crippen MR) is 80.5 cm³/mol. The SMILES string of the molecule is CC1(C)C[C@](CCN)(Cc2ccccc2Cl)CCO1. The largest absolute Gasteiger partial charge is 0.376 e. The van der Waals surface area contributed by atoms with Crippen molar-refractivity contribution in [3.63, 3.8) is 0 Å². The summed E-state index contributed by atoms with van der Waals surface area (Å²) >= 11 is 6.31. The molecule has 1 aliphatic rings. The van der Waals surface area contributed by atoms with Gasteiger partial charge in [-0.15, -0.1) is 0 Å². The highest BCUT2D eigenvalue weighted by Crippen LogP contribution is 2.44. The van der Waals surface area contributed by atoms with Gasteiger partial charge in [0.2, 0.25) is 0 Å². The van der Waals surface area contributed by atoms with Crippen LogP contribution in [0.4, 0.5) is 0 Å². The lowest BCUT2D eigenvalue weighted by Crippen LogP contribution is -2.43. The zero-order valence-corrected chi connectivity index (χ0v) is 12.7. The maximum atomic E-state index is 6.31. The Morgan fingerprint density at radius 2 is 2.05 bits per heavy atom. The van der Waals surface area contributed by atoms with Crippen molar-refractivity contribution in [3.05, 3.63) is 34.9 Å². The molecule has 1 heterocycles. The molecule has 1 fully saturated rings. The van der Waals surface area contributed by atoms with Crippen molar-refractivity contribution >= 4 is 11.6 Å². The third-order valence-corrected chi connectivity index (χ3v) is 4.49. The summed E-state index contributed by atoms with van der Waals surface area (Å²) < 4.78 is 5.86. The first-order valence-electron chi connectivity index (χ1n) is 7.04. The Labute approximate surface area is 121 Å². The minimum absolute atomic E-state index is 0.0608. The van der Waals surface area contributed by atoms with Crippen LogP contribution in [0.1, 0.15) is 38.7 Å². The smallest absolute Gasteiger partial charge is 0.0631 e. The van der Waals surface area contributed by atoms with E-state index in [1.54, 1.807) is 0 Å². The van der Waals surface area contributed by atoms with Gasteiger partial charge in [-0.2, -0.15) is 0 Å². The van der Waals surface area contributed by atoms with Gasteiger partial charge in [0.1, 0.15) is 0 Å². The van der Waals surface area contributed by atoms with E-state index in [1.165, 1.54) is 5.56 Å². The average molecular weight is 282 g/mol. The van der Waals surface area contributed by atoms with Crippen LogP contribution >= 0.6 is 11.6 Å². The fraction of sp³-hybridized carbons (Fsp3) is 0.625. The molecule has 0 amide bonds. The Hall–Kier alpha value is -0.570. The summed E-state index contributed by atoms with van der Waals surface area (Å²) in [7, 11) is 0. The van der Waals surface area contributed by atoms with E-state index in [9.17, 15) is 0 Å². The van der Waals surface area contributed by atoms with E-state index < -0.39 is 0 Å². The number of hydrogen-bond donors (Lipinski definition) is 1. The van der Waals surface area contributed by atoms with Crippen LogP contribution in [-0.2, 0) is 11.2 Å². The molecule has 0 aromatic heterocycles. The molecule has 1 aromatic carbocycles. The fourth-order valence-electron chi connectivity index (χ4n) is 3.39. The topological polar surface area (TPSA) is 35.2 Å². The summed E-state index contributed by atoms with van der Waals surface area (Å²) in [5, 5.41) is 0.864. The molecule has 2 N–H and O–H groups in total. The van der Waals surface area contributed by atoms with E-state index in [0.29, 0.717) is 0 Å². The maximum Gasteiger partial charge on any atom is 0.0631 e. The highest BCUT2D eigenvalue weighted by molar-refractivity contribution is 6.31. The molecule has 1 saturated heterocycles. The van der Waals surface area contributed by atoms with Gasteiger partial charge in [0.25, 0.3) is 0 Å². The molecule has 1 atom stereocenters. The molecule has 1 aromatic rings. The van der Waals surface area contributed by atoms with Crippen molar-refractivity contribution in [2.45, 2.75) is 45.1 Å². The van der Waals surface area contributed by atoms with E-state index >= 15 is 0 Å². The van der Waals surface area contributed by atoms with Gasteiger partial charge in [-0.1, -0.05) is 29.8 Å². The number of rotatable bonds is 4. The third-order valence-electron chi connectivity index (χ3n) is 4.12. The molecule has 19 heavy (non-hydrogen) atoms. The Bertz CT molecular complexity index is 429. The lowest BCUT2D eigenvalue weighted by atomic mass is 9.68. The van der Waals surface area contributed by atoms with Crippen LogP contribution in [0.2, 0.25) is 5.02 Å². The zero-order valence-electron chi connectivity index (χ0n) is 11.9. The summed E-state index contributed by atoms with van der Waals surface area (Å²) in [6.45, 7) is 5.88. The van der Waals surface area contributed by atoms with Crippen LogP contribution in [-0.4, -0.2) is 18.8 Å². The molecule has 0 spiro atoms. The molecule has 3 heteroatoms. The first-order chi connectivity index (χ1) is 8.96. The molecule has 0 saturated carbocycles. The van der Waals surface area contributed by atoms with Gasteiger partial charge < -0.3 is 10.5 Å². The van der Waals surface area contributed by atoms with Gasteiger partial charge in [-0.25, -0.2) is 0 Å². The molecule has 106 valence electrons. The molecule has 0 aliphatic carbocycles. The minimum Gasteiger partial charge on any atom is -0.376 e. The number of hydrogen-bond acceptors (Lipinski definition) is 2. The van der Waals surface area contributed by atoms with Crippen molar-refractivity contribution in [2.75, 3.05) is 13.2 Å². The second-order valence-corrected chi connectivity index (χ2v) is 6.75. The van der Waals surface area contributed by atoms with Gasteiger partial charge >= 0.3 is 0 Å². The van der Waals surface area contributed by atoms with E-state index in [0.717, 1.165) is 43.9 Å². The van der Waals surface area contributed by atoms with Gasteiger partial charge in [0.15, 0.2) is 0 Å². The Morgan fingerprint density at radius 3 is 2.68 bits per heavy atom. The predicted octanol–water partition coefficient (Wildman–Crippen LogP) is 3.81. The van der Waals surface area contributed by atoms with E-state index in [1.807, 2.05) is 12.1 Å². The van der Waals surface area contributed by atoms with E-state index in [-0.39, 0.29) is 11.0 Å². The molecule has 1 aliphatic heterocycles. The van der Waals surface area contributed by atoms with Crippen LogP contribution < -0.4 is 5.73 Å². The third kappa shape index (κ3) is 3.71. The molecule has 0 bridgehead atoms. The van der Waals surface area contributed by atoms with Crippen LogP contribution in [0.15, 0.2) is 24.3 Å². The summed E-state index contributed by atoms with van der Waals surface area (Å²) in [4.78, 5) is 0. The highest BCUT2D eigenvalue weighted by atomic mass is 35.5. The zero-order chi connectivity index (χ0) is 13.9. The summed E-state index contributed by atoms with van der Waals surface area (Å²) in [5.41, 5.74) is 7.25. The second-order valence-electron chi connectivity index (χ2n) is 6.34. The summed E-state index contributed by atoms with van der Waals surface area (Å²) in [6.07, 6.45) is 4.14. The van der Waals surface area contributed by atoms with Crippen LogP contribution in [0.25, 0.3) is 0 Å². The minimum atomic E-state index is -0.0608. The van der Waals surface area contributed by atoms with Gasteiger partial charge in [-0.3, -0.25) is 0 Å². The maximum absolute atomic E-state index is 6.31. The van der Waals surface area contributed by atoms with Crippen molar-refractivity contribution in [2.24, 2.45) is 11.1 Å². The average Bonchev–Trinajstić information content (AvgIpc) is 2.31. The Kier molecular flexibility index (Phi) is 4.54. The van der Waals surface area contributed by atoms with Crippen LogP contribution in [0.5, 0.6) is 0 Å². The molecule has 2 nitrogen and oxygen atoms in total. The van der Waals surface area contributed by atoms with Crippen molar-refractivity contribution < 1.29 is 4.74 Å². The molecule has 0 radical (unpaired) electrons. The van der Waals surface area contributed by atoms with Crippen molar-refractivity contribution in [1.82, 2.24) is 0 Å². The molecular formula is C16H24ClNO. The van der Waals surface area contributed by atoms with Gasteiger partial charge in [-0.05, 0) is 63.1 Å². The molecule has 0 unspecified atom stereocenters. The fourth-order valence-corrected chi connectivity index (χ4v) is 3.59. The monoisotopic (exact) mass is 281 g/mol. The first kappa shape index (κ1) is 14.8. The lowest BCUT2D eigenvalue weighted by Gasteiger charge is -2.45. The normalized spacial score (nSPS) is 26.3. The van der Waals surface area contributed by atoms with E-state index in [4.69, 9.17) is 22.1 Å². The summed E-state index contributed by atoms with van der Waals surface area (Å²) in [5.74, 6) is 0.